The molecule has 0 fully saturated rings. The number of aromatic nitrogens is 3. The van der Waals surface area contributed by atoms with Crippen LogP contribution in [-0.2, 0) is 0 Å². The van der Waals surface area contributed by atoms with Gasteiger partial charge in [0.05, 0.1) is 0 Å². The highest BCUT2D eigenvalue weighted by molar-refractivity contribution is 7.73. The van der Waals surface area contributed by atoms with Crippen LogP contribution < -0.4 is 0 Å². The van der Waals surface area contributed by atoms with Crippen molar-refractivity contribution in [3.8, 4) is 11.5 Å². The molecule has 0 spiro atoms. The van der Waals surface area contributed by atoms with Gasteiger partial charge in [0.15, 0.2) is 9.78 Å². The molecule has 5 heteroatoms. The molecule has 2 heterocycles. The molecule has 0 atom stereocenters. The molecule has 1 N–H and O–H groups in total. The van der Waals surface area contributed by atoms with Gasteiger partial charge in [0, 0.05) is 5.69 Å². The van der Waals surface area contributed by atoms with Crippen molar-refractivity contribution in [1.29, 1.82) is 0 Å². The zero-order chi connectivity index (χ0) is 10.1. The largest absolute Gasteiger partial charge is 0.291 e. The van der Waals surface area contributed by atoms with Gasteiger partial charge in [-0.15, -0.1) is 0 Å². The molecule has 0 saturated carbocycles. The molecule has 72 valence electrons. The van der Waals surface area contributed by atoms with Crippen molar-refractivity contribution < 1.29 is 0 Å². The van der Waals surface area contributed by atoms with Crippen LogP contribution >= 0.6 is 23.8 Å². The van der Waals surface area contributed by atoms with E-state index < -0.39 is 0 Å². The molecule has 0 amide bonds. The van der Waals surface area contributed by atoms with Crippen LogP contribution in [0.1, 0.15) is 11.3 Å². The van der Waals surface area contributed by atoms with Crippen LogP contribution in [0.15, 0.2) is 12.1 Å². The van der Waals surface area contributed by atoms with E-state index in [4.69, 9.17) is 12.2 Å². The lowest BCUT2D eigenvalue weighted by Gasteiger charge is -1.99. The van der Waals surface area contributed by atoms with Gasteiger partial charge in [0.2, 0.25) is 0 Å². The first kappa shape index (κ1) is 9.48. The summed E-state index contributed by atoms with van der Waals surface area (Å²) < 4.78 is 3.65. The number of nitrogens with one attached hydrogen (secondary N) is 1. The summed E-state index contributed by atoms with van der Waals surface area (Å²) in [5.74, 6) is 0.756. The molecule has 0 aliphatic carbocycles. The Morgan fingerprint density at radius 1 is 1.29 bits per heavy atom. The molecular formula is C9H9N3S2. The summed E-state index contributed by atoms with van der Waals surface area (Å²) in [4.78, 5) is 8.56. The van der Waals surface area contributed by atoms with Crippen molar-refractivity contribution in [3.05, 3.63) is 27.3 Å². The zero-order valence-electron chi connectivity index (χ0n) is 7.87. The quantitative estimate of drug-likeness (QED) is 0.756. The predicted molar refractivity (Wildman–Crippen MR) is 60.0 cm³/mol. The van der Waals surface area contributed by atoms with Crippen molar-refractivity contribution in [3.63, 3.8) is 0 Å². The molecule has 0 radical (unpaired) electrons. The molecule has 2 aromatic heterocycles. The first-order chi connectivity index (χ1) is 6.65. The highest BCUT2D eigenvalue weighted by atomic mass is 32.2. The minimum atomic E-state index is 0.612. The van der Waals surface area contributed by atoms with E-state index in [1.807, 2.05) is 26.0 Å². The maximum atomic E-state index is 4.95. The second kappa shape index (κ2) is 3.59. The van der Waals surface area contributed by atoms with Crippen LogP contribution in [0.4, 0.5) is 0 Å². The van der Waals surface area contributed by atoms with E-state index in [0.717, 1.165) is 17.2 Å². The molecule has 14 heavy (non-hydrogen) atoms. The lowest BCUT2D eigenvalue weighted by molar-refractivity contribution is 1.15. The number of nitrogens with zero attached hydrogens (tertiary/aromatic N) is 2. The predicted octanol–water partition coefficient (Wildman–Crippen LogP) is 2.88. The second-order valence-electron chi connectivity index (χ2n) is 3.10. The van der Waals surface area contributed by atoms with E-state index in [9.17, 15) is 0 Å². The highest BCUT2D eigenvalue weighted by Gasteiger charge is 2.03. The van der Waals surface area contributed by atoms with Crippen molar-refractivity contribution in [2.24, 2.45) is 0 Å². The number of hydrogen-bond donors (Lipinski definition) is 1. The van der Waals surface area contributed by atoms with E-state index in [2.05, 4.69) is 14.3 Å². The molecule has 0 aliphatic rings. The van der Waals surface area contributed by atoms with Crippen molar-refractivity contribution in [2.45, 2.75) is 13.8 Å². The lowest BCUT2D eigenvalue weighted by Crippen LogP contribution is -1.90. The number of aromatic amines is 1. The molecule has 0 saturated heterocycles. The van der Waals surface area contributed by atoms with Gasteiger partial charge in [-0.25, -0.2) is 9.97 Å². The van der Waals surface area contributed by atoms with Crippen LogP contribution in [0.2, 0.25) is 0 Å². The lowest BCUT2D eigenvalue weighted by atomic mass is 10.2. The standard InChI is InChI=1S/C9H9N3S2/c1-5-3-6(2)10-7(4-5)8-11-9(13)14-12-8/h3-4H,1-2H3,(H,11,12,13). The molecule has 3 nitrogen and oxygen atoms in total. The third-order valence-corrected chi connectivity index (χ3v) is 2.68. The number of aryl methyl sites for hydroxylation is 2. The fourth-order valence-electron chi connectivity index (χ4n) is 1.30. The molecule has 0 bridgehead atoms. The maximum Gasteiger partial charge on any atom is 0.198 e. The maximum absolute atomic E-state index is 4.95. The first-order valence-corrected chi connectivity index (χ1v) is 5.39. The van der Waals surface area contributed by atoms with E-state index in [1.165, 1.54) is 17.1 Å². The third kappa shape index (κ3) is 1.88. The Balaban J connectivity index is 2.56. The Labute approximate surface area is 91.0 Å². The highest BCUT2D eigenvalue weighted by Crippen LogP contribution is 2.16. The van der Waals surface area contributed by atoms with Gasteiger partial charge in [-0.05, 0) is 55.3 Å². The van der Waals surface area contributed by atoms with Crippen LogP contribution in [-0.4, -0.2) is 14.3 Å². The zero-order valence-corrected chi connectivity index (χ0v) is 9.50. The molecule has 0 unspecified atom stereocenters. The number of H-pyrrole nitrogens is 1. The average Bonchev–Trinajstić information content (AvgIpc) is 2.50. The van der Waals surface area contributed by atoms with Crippen LogP contribution in [0.3, 0.4) is 0 Å². The Morgan fingerprint density at radius 3 is 2.64 bits per heavy atom. The topological polar surface area (TPSA) is 41.6 Å². The van der Waals surface area contributed by atoms with Gasteiger partial charge in [-0.1, -0.05) is 0 Å². The number of pyridine rings is 1. The van der Waals surface area contributed by atoms with Crippen molar-refractivity contribution in [2.75, 3.05) is 0 Å². The Hall–Kier alpha value is -1.07. The number of rotatable bonds is 1. The normalized spacial score (nSPS) is 10.4. The summed E-state index contributed by atoms with van der Waals surface area (Å²) in [5.41, 5.74) is 3.03. The fourth-order valence-corrected chi connectivity index (χ4v) is 1.99. The molecule has 0 aliphatic heterocycles. The summed E-state index contributed by atoms with van der Waals surface area (Å²) >= 11 is 6.30. The number of hydrogen-bond acceptors (Lipinski definition) is 4. The van der Waals surface area contributed by atoms with Gasteiger partial charge in [-0.3, -0.25) is 4.37 Å². The summed E-state index contributed by atoms with van der Waals surface area (Å²) in [6.07, 6.45) is 0. The van der Waals surface area contributed by atoms with Crippen molar-refractivity contribution >= 4 is 23.8 Å². The van der Waals surface area contributed by atoms with E-state index in [0.29, 0.717) is 3.95 Å². The third-order valence-electron chi connectivity index (χ3n) is 1.78. The molecule has 2 aromatic rings. The Bertz CT molecular complexity index is 493. The van der Waals surface area contributed by atoms with Gasteiger partial charge in [0.1, 0.15) is 5.69 Å². The monoisotopic (exact) mass is 223 g/mol. The van der Waals surface area contributed by atoms with Crippen molar-refractivity contribution in [1.82, 2.24) is 14.3 Å². The average molecular weight is 223 g/mol. The van der Waals surface area contributed by atoms with Crippen LogP contribution in [0.25, 0.3) is 11.5 Å². The minimum absolute atomic E-state index is 0.612. The summed E-state index contributed by atoms with van der Waals surface area (Å²) in [6.45, 7) is 4.01. The van der Waals surface area contributed by atoms with Crippen LogP contribution in [0, 0.1) is 17.8 Å². The minimum Gasteiger partial charge on any atom is -0.291 e. The second-order valence-corrected chi connectivity index (χ2v) is 4.54. The molecular weight excluding hydrogens is 214 g/mol. The molecule has 0 aromatic carbocycles. The van der Waals surface area contributed by atoms with Gasteiger partial charge in [-0.2, -0.15) is 0 Å². The van der Waals surface area contributed by atoms with E-state index >= 15 is 0 Å². The van der Waals surface area contributed by atoms with Crippen LogP contribution in [0.5, 0.6) is 0 Å². The van der Waals surface area contributed by atoms with E-state index in [-0.39, 0.29) is 0 Å². The summed E-state index contributed by atoms with van der Waals surface area (Å²) in [5, 5.41) is 0. The van der Waals surface area contributed by atoms with E-state index in [1.54, 1.807) is 0 Å². The van der Waals surface area contributed by atoms with Gasteiger partial charge in [0.25, 0.3) is 0 Å². The summed E-state index contributed by atoms with van der Waals surface area (Å²) in [6, 6.07) is 4.03. The Morgan fingerprint density at radius 2 is 2.07 bits per heavy atom. The fraction of sp³-hybridized carbons (Fsp3) is 0.222. The molecule has 2 rings (SSSR count). The van der Waals surface area contributed by atoms with Gasteiger partial charge < -0.3 is 0 Å². The van der Waals surface area contributed by atoms with Gasteiger partial charge >= 0.3 is 0 Å². The SMILES string of the molecule is Cc1cc(C)nc(-c2nc(=S)s[nH]2)c1. The summed E-state index contributed by atoms with van der Waals surface area (Å²) in [7, 11) is 0. The first-order valence-electron chi connectivity index (χ1n) is 4.16. The Kier molecular flexibility index (Phi) is 2.43. The smallest absolute Gasteiger partial charge is 0.198 e.